The third-order valence-electron chi connectivity index (χ3n) is 2.77. The predicted molar refractivity (Wildman–Crippen MR) is 69.1 cm³/mol. The molecule has 0 aliphatic rings. The van der Waals surface area contributed by atoms with Crippen LogP contribution >= 0.6 is 23.2 Å². The highest BCUT2D eigenvalue weighted by Crippen LogP contribution is 2.19. The minimum atomic E-state index is -0.255. The van der Waals surface area contributed by atoms with Gasteiger partial charge >= 0.3 is 0 Å². The zero-order valence-electron chi connectivity index (χ0n) is 9.56. The largest absolute Gasteiger partial charge is 0.394 e. The molecule has 0 radical (unpaired) electrons. The molecule has 2 N–H and O–H groups in total. The maximum atomic E-state index is 9.26. The molecule has 1 unspecified atom stereocenters. The Morgan fingerprint density at radius 1 is 1.25 bits per heavy atom. The highest BCUT2D eigenvalue weighted by Gasteiger charge is 2.19. The minimum absolute atomic E-state index is 0.109. The average molecular weight is 262 g/mol. The van der Waals surface area contributed by atoms with Crippen LogP contribution in [0.2, 0.25) is 10.0 Å². The number of nitrogens with one attached hydrogen (secondary N) is 1. The first-order chi connectivity index (χ1) is 7.49. The Bertz CT molecular complexity index is 331. The third-order valence-corrected chi connectivity index (χ3v) is 3.21. The van der Waals surface area contributed by atoms with Gasteiger partial charge in [0.15, 0.2) is 0 Å². The molecule has 0 aromatic heterocycles. The summed E-state index contributed by atoms with van der Waals surface area (Å²) in [6.45, 7) is 4.77. The van der Waals surface area contributed by atoms with E-state index in [0.717, 1.165) is 12.0 Å². The van der Waals surface area contributed by atoms with Gasteiger partial charge in [-0.3, -0.25) is 0 Å². The molecule has 0 aliphatic heterocycles. The zero-order chi connectivity index (χ0) is 12.2. The van der Waals surface area contributed by atoms with Crippen molar-refractivity contribution in [3.63, 3.8) is 0 Å². The van der Waals surface area contributed by atoms with Gasteiger partial charge < -0.3 is 10.4 Å². The number of benzene rings is 1. The van der Waals surface area contributed by atoms with Gasteiger partial charge in [0.25, 0.3) is 0 Å². The standard InChI is InChI=1S/C12H17Cl2NO/c1-3-12(2,8-16)15-7-9-4-10(13)6-11(14)5-9/h4-6,15-16H,3,7-8H2,1-2H3. The molecule has 1 aromatic carbocycles. The van der Waals surface area contributed by atoms with Crippen LogP contribution in [0, 0.1) is 0 Å². The van der Waals surface area contributed by atoms with Crippen molar-refractivity contribution in [2.24, 2.45) is 0 Å². The molecule has 0 amide bonds. The molecular weight excluding hydrogens is 245 g/mol. The lowest BCUT2D eigenvalue weighted by atomic mass is 10.00. The topological polar surface area (TPSA) is 32.3 Å². The first-order valence-corrected chi connectivity index (χ1v) is 6.05. The van der Waals surface area contributed by atoms with Crippen LogP contribution in [0.3, 0.4) is 0 Å². The molecule has 1 aromatic rings. The van der Waals surface area contributed by atoms with E-state index < -0.39 is 0 Å². The van der Waals surface area contributed by atoms with Gasteiger partial charge in [-0.2, -0.15) is 0 Å². The van der Waals surface area contributed by atoms with Gasteiger partial charge in [0.2, 0.25) is 0 Å². The first-order valence-electron chi connectivity index (χ1n) is 5.30. The number of hydrogen-bond donors (Lipinski definition) is 2. The fourth-order valence-corrected chi connectivity index (χ4v) is 1.89. The summed E-state index contributed by atoms with van der Waals surface area (Å²) in [7, 11) is 0. The van der Waals surface area contributed by atoms with E-state index in [1.54, 1.807) is 6.07 Å². The molecule has 2 nitrogen and oxygen atoms in total. The quantitative estimate of drug-likeness (QED) is 0.853. The lowest BCUT2D eigenvalue weighted by molar-refractivity contribution is 0.169. The molecule has 0 saturated carbocycles. The Labute approximate surface area is 107 Å². The molecule has 0 aliphatic carbocycles. The summed E-state index contributed by atoms with van der Waals surface area (Å²) in [5, 5.41) is 13.8. The van der Waals surface area contributed by atoms with E-state index >= 15 is 0 Å². The monoisotopic (exact) mass is 261 g/mol. The molecular formula is C12H17Cl2NO. The summed E-state index contributed by atoms with van der Waals surface area (Å²) in [6, 6.07) is 5.44. The van der Waals surface area contributed by atoms with Crippen LogP contribution in [0.1, 0.15) is 25.8 Å². The fourth-order valence-electron chi connectivity index (χ4n) is 1.32. The van der Waals surface area contributed by atoms with E-state index in [1.807, 2.05) is 26.0 Å². The Kier molecular flexibility index (Phi) is 5.06. The first kappa shape index (κ1) is 13.8. The Morgan fingerprint density at radius 3 is 2.25 bits per heavy atom. The van der Waals surface area contributed by atoms with Gasteiger partial charge in [0, 0.05) is 22.1 Å². The average Bonchev–Trinajstić information content (AvgIpc) is 2.25. The lowest BCUT2D eigenvalue weighted by Gasteiger charge is -2.27. The van der Waals surface area contributed by atoms with Gasteiger partial charge in [-0.25, -0.2) is 0 Å². The number of aliphatic hydroxyl groups is 1. The van der Waals surface area contributed by atoms with Gasteiger partial charge in [-0.1, -0.05) is 30.1 Å². The summed E-state index contributed by atoms with van der Waals surface area (Å²) in [5.74, 6) is 0. The van der Waals surface area contributed by atoms with Crippen molar-refractivity contribution < 1.29 is 5.11 Å². The van der Waals surface area contributed by atoms with Gasteiger partial charge in [-0.15, -0.1) is 0 Å². The van der Waals surface area contributed by atoms with E-state index in [0.29, 0.717) is 16.6 Å². The van der Waals surface area contributed by atoms with Crippen LogP contribution in [-0.4, -0.2) is 17.3 Å². The molecule has 0 fully saturated rings. The normalized spacial score (nSPS) is 14.8. The van der Waals surface area contributed by atoms with Gasteiger partial charge in [0.05, 0.1) is 6.61 Å². The van der Waals surface area contributed by atoms with Crippen molar-refractivity contribution in [1.82, 2.24) is 5.32 Å². The molecule has 0 saturated heterocycles. The van der Waals surface area contributed by atoms with Crippen LogP contribution in [0.15, 0.2) is 18.2 Å². The molecule has 4 heteroatoms. The van der Waals surface area contributed by atoms with Crippen LogP contribution in [-0.2, 0) is 6.54 Å². The van der Waals surface area contributed by atoms with E-state index in [1.165, 1.54) is 0 Å². The molecule has 0 heterocycles. The highest BCUT2D eigenvalue weighted by molar-refractivity contribution is 6.34. The predicted octanol–water partition coefficient (Wildman–Crippen LogP) is 3.24. The lowest BCUT2D eigenvalue weighted by Crippen LogP contribution is -2.44. The van der Waals surface area contributed by atoms with E-state index in [2.05, 4.69) is 5.32 Å². The van der Waals surface area contributed by atoms with Crippen molar-refractivity contribution in [2.75, 3.05) is 6.61 Å². The van der Waals surface area contributed by atoms with Crippen molar-refractivity contribution in [3.05, 3.63) is 33.8 Å². The Hall–Kier alpha value is -0.280. The van der Waals surface area contributed by atoms with Crippen LogP contribution in [0.25, 0.3) is 0 Å². The Balaban J connectivity index is 2.67. The Morgan fingerprint density at radius 2 is 1.81 bits per heavy atom. The number of hydrogen-bond acceptors (Lipinski definition) is 2. The van der Waals surface area contributed by atoms with Crippen molar-refractivity contribution >= 4 is 23.2 Å². The summed E-state index contributed by atoms with van der Waals surface area (Å²) in [6.07, 6.45) is 0.859. The maximum absolute atomic E-state index is 9.26. The van der Waals surface area contributed by atoms with E-state index in [4.69, 9.17) is 23.2 Å². The van der Waals surface area contributed by atoms with Gasteiger partial charge in [0.1, 0.15) is 0 Å². The second-order valence-electron chi connectivity index (χ2n) is 4.20. The summed E-state index contributed by atoms with van der Waals surface area (Å²) < 4.78 is 0. The zero-order valence-corrected chi connectivity index (χ0v) is 11.1. The van der Waals surface area contributed by atoms with Crippen LogP contribution in [0.5, 0.6) is 0 Å². The van der Waals surface area contributed by atoms with Crippen molar-refractivity contribution in [2.45, 2.75) is 32.4 Å². The van der Waals surface area contributed by atoms with Crippen LogP contribution < -0.4 is 5.32 Å². The van der Waals surface area contributed by atoms with Crippen LogP contribution in [0.4, 0.5) is 0 Å². The fraction of sp³-hybridized carbons (Fsp3) is 0.500. The molecule has 0 bridgehead atoms. The molecule has 16 heavy (non-hydrogen) atoms. The maximum Gasteiger partial charge on any atom is 0.0610 e. The second-order valence-corrected chi connectivity index (χ2v) is 5.08. The summed E-state index contributed by atoms with van der Waals surface area (Å²) >= 11 is 11.8. The summed E-state index contributed by atoms with van der Waals surface area (Å²) in [5.41, 5.74) is 0.764. The number of rotatable bonds is 5. The molecule has 90 valence electrons. The highest BCUT2D eigenvalue weighted by atomic mass is 35.5. The number of halogens is 2. The van der Waals surface area contributed by atoms with Gasteiger partial charge in [-0.05, 0) is 37.1 Å². The second kappa shape index (κ2) is 5.87. The summed E-state index contributed by atoms with van der Waals surface area (Å²) in [4.78, 5) is 0. The third kappa shape index (κ3) is 3.95. The molecule has 1 atom stereocenters. The minimum Gasteiger partial charge on any atom is -0.394 e. The SMILES string of the molecule is CCC(C)(CO)NCc1cc(Cl)cc(Cl)c1. The van der Waals surface area contributed by atoms with Crippen molar-refractivity contribution in [3.8, 4) is 0 Å². The van der Waals surface area contributed by atoms with E-state index in [-0.39, 0.29) is 12.1 Å². The molecule has 1 rings (SSSR count). The molecule has 0 spiro atoms. The smallest absolute Gasteiger partial charge is 0.0610 e. The van der Waals surface area contributed by atoms with E-state index in [9.17, 15) is 5.11 Å². The van der Waals surface area contributed by atoms with Crippen molar-refractivity contribution in [1.29, 1.82) is 0 Å². The number of aliphatic hydroxyl groups excluding tert-OH is 1.